The molecule has 0 atom stereocenters. The smallest absolute Gasteiger partial charge is 0.234 e. The molecular formula is C13H23N5O. The van der Waals surface area contributed by atoms with Gasteiger partial charge in [0, 0.05) is 33.4 Å². The van der Waals surface area contributed by atoms with Gasteiger partial charge < -0.3 is 10.2 Å². The lowest BCUT2D eigenvalue weighted by atomic mass is 10.3. The Kier molecular flexibility index (Phi) is 6.21. The minimum atomic E-state index is 0.0474. The quantitative estimate of drug-likeness (QED) is 0.778. The van der Waals surface area contributed by atoms with Crippen molar-refractivity contribution >= 4 is 11.9 Å². The number of likely N-dealkylation sites (N-methyl/N-ethyl adjacent to an activating group) is 1. The van der Waals surface area contributed by atoms with Crippen LogP contribution in [0.5, 0.6) is 0 Å². The number of carbonyl (C=O) groups excluding carboxylic acids is 1. The topological polar surface area (TPSA) is 61.4 Å². The van der Waals surface area contributed by atoms with Crippen LogP contribution in [-0.2, 0) is 11.3 Å². The van der Waals surface area contributed by atoms with Gasteiger partial charge in [0.15, 0.2) is 0 Å². The number of rotatable bonds is 7. The molecule has 0 spiro atoms. The van der Waals surface area contributed by atoms with Crippen molar-refractivity contribution in [3.8, 4) is 0 Å². The first-order chi connectivity index (χ1) is 9.02. The summed E-state index contributed by atoms with van der Waals surface area (Å²) in [5, 5.41) is 2.86. The highest BCUT2D eigenvalue weighted by Crippen LogP contribution is 2.05. The Hall–Kier alpha value is -1.69. The summed E-state index contributed by atoms with van der Waals surface area (Å²) in [5.41, 5.74) is 0.907. The third-order valence-electron chi connectivity index (χ3n) is 2.52. The number of carbonyl (C=O) groups is 1. The van der Waals surface area contributed by atoms with Crippen molar-refractivity contribution in [2.75, 3.05) is 39.1 Å². The molecule has 0 radical (unpaired) electrons. The first kappa shape index (κ1) is 15.4. The van der Waals surface area contributed by atoms with E-state index in [0.29, 0.717) is 19.0 Å². The third-order valence-corrected chi connectivity index (χ3v) is 2.52. The van der Waals surface area contributed by atoms with Crippen molar-refractivity contribution in [3.63, 3.8) is 0 Å². The summed E-state index contributed by atoms with van der Waals surface area (Å²) in [6.45, 7) is 3.77. The van der Waals surface area contributed by atoms with Crippen LogP contribution in [0.3, 0.4) is 0 Å². The van der Waals surface area contributed by atoms with Gasteiger partial charge in [0.2, 0.25) is 11.9 Å². The van der Waals surface area contributed by atoms with Gasteiger partial charge in [0.1, 0.15) is 0 Å². The van der Waals surface area contributed by atoms with Crippen LogP contribution in [0.2, 0.25) is 0 Å². The van der Waals surface area contributed by atoms with Crippen LogP contribution in [0.25, 0.3) is 0 Å². The van der Waals surface area contributed by atoms with E-state index in [1.807, 2.05) is 43.9 Å². The molecule has 6 nitrogen and oxygen atoms in total. The van der Waals surface area contributed by atoms with Gasteiger partial charge in [-0.05, 0) is 19.5 Å². The molecule has 106 valence electrons. The Labute approximate surface area is 114 Å². The summed E-state index contributed by atoms with van der Waals surface area (Å²) in [6, 6.07) is 1.87. The molecule has 0 aliphatic heterocycles. The van der Waals surface area contributed by atoms with Gasteiger partial charge in [-0.2, -0.15) is 0 Å². The summed E-state index contributed by atoms with van der Waals surface area (Å²) in [6.07, 6.45) is 2.69. The second-order valence-corrected chi connectivity index (χ2v) is 4.76. The number of hydrogen-bond donors (Lipinski definition) is 1. The molecule has 1 amide bonds. The molecule has 1 heterocycles. The van der Waals surface area contributed by atoms with Crippen molar-refractivity contribution in [1.82, 2.24) is 20.2 Å². The molecule has 19 heavy (non-hydrogen) atoms. The molecule has 0 saturated carbocycles. The SMILES string of the molecule is CCCNC(=O)CN(C)Cc1ccnc(N(C)C)n1. The van der Waals surface area contributed by atoms with Crippen molar-refractivity contribution < 1.29 is 4.79 Å². The fourth-order valence-electron chi connectivity index (χ4n) is 1.59. The Bertz CT molecular complexity index is 408. The highest BCUT2D eigenvalue weighted by Gasteiger charge is 2.08. The Morgan fingerprint density at radius 2 is 2.11 bits per heavy atom. The van der Waals surface area contributed by atoms with Gasteiger partial charge in [-0.1, -0.05) is 6.92 Å². The number of nitrogens with zero attached hydrogens (tertiary/aromatic N) is 4. The largest absolute Gasteiger partial charge is 0.355 e. The Morgan fingerprint density at radius 1 is 1.37 bits per heavy atom. The predicted molar refractivity (Wildman–Crippen MR) is 76.0 cm³/mol. The van der Waals surface area contributed by atoms with E-state index in [1.165, 1.54) is 0 Å². The molecule has 1 N–H and O–H groups in total. The molecule has 0 saturated heterocycles. The van der Waals surface area contributed by atoms with E-state index >= 15 is 0 Å². The van der Waals surface area contributed by atoms with Crippen LogP contribution in [0.1, 0.15) is 19.0 Å². The molecule has 0 bridgehead atoms. The molecule has 0 aliphatic rings. The summed E-state index contributed by atoms with van der Waals surface area (Å²) in [5.74, 6) is 0.729. The van der Waals surface area contributed by atoms with Gasteiger partial charge in [-0.3, -0.25) is 9.69 Å². The first-order valence-electron chi connectivity index (χ1n) is 6.47. The monoisotopic (exact) mass is 265 g/mol. The molecule has 6 heteroatoms. The van der Waals surface area contributed by atoms with E-state index in [9.17, 15) is 4.79 Å². The predicted octanol–water partition coefficient (Wildman–Crippen LogP) is 0.501. The highest BCUT2D eigenvalue weighted by molar-refractivity contribution is 5.77. The van der Waals surface area contributed by atoms with Gasteiger partial charge in [0.05, 0.1) is 12.2 Å². The number of nitrogens with one attached hydrogen (secondary N) is 1. The molecule has 0 fully saturated rings. The number of aromatic nitrogens is 2. The van der Waals surface area contributed by atoms with E-state index in [4.69, 9.17) is 0 Å². The van der Waals surface area contributed by atoms with Crippen molar-refractivity contribution in [2.45, 2.75) is 19.9 Å². The number of amides is 1. The lowest BCUT2D eigenvalue weighted by molar-refractivity contribution is -0.122. The van der Waals surface area contributed by atoms with Crippen LogP contribution in [0, 0.1) is 0 Å². The van der Waals surface area contributed by atoms with Crippen LogP contribution >= 0.6 is 0 Å². The summed E-state index contributed by atoms with van der Waals surface area (Å²) in [4.78, 5) is 24.0. The van der Waals surface area contributed by atoms with Crippen molar-refractivity contribution in [1.29, 1.82) is 0 Å². The second kappa shape index (κ2) is 7.68. The van der Waals surface area contributed by atoms with Crippen LogP contribution in [0.15, 0.2) is 12.3 Å². The van der Waals surface area contributed by atoms with Crippen LogP contribution in [-0.4, -0.2) is 55.0 Å². The standard InChI is InChI=1S/C13H23N5O/c1-5-7-14-12(19)10-18(4)9-11-6-8-15-13(16-11)17(2)3/h6,8H,5,7,9-10H2,1-4H3,(H,14,19). The van der Waals surface area contributed by atoms with Crippen LogP contribution in [0.4, 0.5) is 5.95 Å². The average molecular weight is 265 g/mol. The number of hydrogen-bond acceptors (Lipinski definition) is 5. The zero-order chi connectivity index (χ0) is 14.3. The Balaban J connectivity index is 2.50. The molecule has 1 aromatic heterocycles. The highest BCUT2D eigenvalue weighted by atomic mass is 16.2. The third kappa shape index (κ3) is 5.65. The van der Waals surface area contributed by atoms with E-state index in [-0.39, 0.29) is 5.91 Å². The van der Waals surface area contributed by atoms with Gasteiger partial charge in [0.25, 0.3) is 0 Å². The molecular weight excluding hydrogens is 242 g/mol. The normalized spacial score (nSPS) is 10.6. The van der Waals surface area contributed by atoms with Crippen molar-refractivity contribution in [3.05, 3.63) is 18.0 Å². The first-order valence-corrected chi connectivity index (χ1v) is 6.47. The van der Waals surface area contributed by atoms with Crippen LogP contribution < -0.4 is 10.2 Å². The van der Waals surface area contributed by atoms with E-state index in [2.05, 4.69) is 15.3 Å². The number of anilines is 1. The fraction of sp³-hybridized carbons (Fsp3) is 0.615. The summed E-state index contributed by atoms with van der Waals surface area (Å²) < 4.78 is 0. The van der Waals surface area contributed by atoms with Gasteiger partial charge >= 0.3 is 0 Å². The minimum Gasteiger partial charge on any atom is -0.355 e. The zero-order valence-electron chi connectivity index (χ0n) is 12.2. The lowest BCUT2D eigenvalue weighted by Crippen LogP contribution is -2.35. The molecule has 1 rings (SSSR count). The van der Waals surface area contributed by atoms with Gasteiger partial charge in [-0.25, -0.2) is 9.97 Å². The maximum atomic E-state index is 11.6. The van der Waals surface area contributed by atoms with Crippen molar-refractivity contribution in [2.24, 2.45) is 0 Å². The summed E-state index contributed by atoms with van der Waals surface area (Å²) >= 11 is 0. The lowest BCUT2D eigenvalue weighted by Gasteiger charge is -2.17. The van der Waals surface area contributed by atoms with Gasteiger partial charge in [-0.15, -0.1) is 0 Å². The Morgan fingerprint density at radius 3 is 2.74 bits per heavy atom. The molecule has 0 unspecified atom stereocenters. The second-order valence-electron chi connectivity index (χ2n) is 4.76. The molecule has 0 aromatic carbocycles. The summed E-state index contributed by atoms with van der Waals surface area (Å²) in [7, 11) is 5.71. The molecule has 1 aromatic rings. The van der Waals surface area contributed by atoms with E-state index in [0.717, 1.165) is 18.7 Å². The molecule has 0 aliphatic carbocycles. The maximum absolute atomic E-state index is 11.6. The average Bonchev–Trinajstić information content (AvgIpc) is 2.36. The van der Waals surface area contributed by atoms with E-state index < -0.39 is 0 Å². The zero-order valence-corrected chi connectivity index (χ0v) is 12.2. The maximum Gasteiger partial charge on any atom is 0.234 e. The fourth-order valence-corrected chi connectivity index (χ4v) is 1.59. The minimum absolute atomic E-state index is 0.0474. The van der Waals surface area contributed by atoms with E-state index in [1.54, 1.807) is 6.20 Å².